The first-order valence-corrected chi connectivity index (χ1v) is 9.31. The molecule has 0 aromatic heterocycles. The third-order valence-electron chi connectivity index (χ3n) is 6.17. The maximum atomic E-state index is 5.16. The smallest absolute Gasteiger partial charge is 0.0474 e. The fraction of sp³-hybridized carbons (Fsp3) is 1.00. The van der Waals surface area contributed by atoms with Gasteiger partial charge >= 0.3 is 0 Å². The first-order valence-electron chi connectivity index (χ1n) is 9.31. The van der Waals surface area contributed by atoms with Gasteiger partial charge in [-0.25, -0.2) is 0 Å². The number of rotatable bonds is 6. The highest BCUT2D eigenvalue weighted by atomic mass is 16.5. The Morgan fingerprint density at radius 3 is 2.27 bits per heavy atom. The number of methoxy groups -OCH3 is 1. The van der Waals surface area contributed by atoms with Crippen LogP contribution < -0.4 is 0 Å². The van der Waals surface area contributed by atoms with Gasteiger partial charge in [-0.15, -0.1) is 0 Å². The van der Waals surface area contributed by atoms with E-state index in [1.165, 1.54) is 84.5 Å². The summed E-state index contributed by atoms with van der Waals surface area (Å²) >= 11 is 0. The number of hydrogen-bond donors (Lipinski definition) is 0. The van der Waals surface area contributed by atoms with Gasteiger partial charge in [-0.3, -0.25) is 0 Å². The molecule has 0 aromatic rings. The van der Waals surface area contributed by atoms with Crippen molar-refractivity contribution in [2.75, 3.05) is 73.1 Å². The van der Waals surface area contributed by atoms with Crippen LogP contribution in [-0.2, 0) is 4.74 Å². The summed E-state index contributed by atoms with van der Waals surface area (Å²) in [6.07, 6.45) is 6.86. The summed E-state index contributed by atoms with van der Waals surface area (Å²) in [5.41, 5.74) is 0.704. The summed E-state index contributed by atoms with van der Waals surface area (Å²) in [5, 5.41) is 0. The number of piperidine rings is 2. The molecule has 3 rings (SSSR count). The minimum atomic E-state index is 0.704. The number of likely N-dealkylation sites (tertiary alicyclic amines) is 3. The largest absolute Gasteiger partial charge is 0.385 e. The summed E-state index contributed by atoms with van der Waals surface area (Å²) in [6, 6.07) is 0. The van der Waals surface area contributed by atoms with E-state index in [4.69, 9.17) is 4.74 Å². The predicted octanol–water partition coefficient (Wildman–Crippen LogP) is 1.76. The molecule has 4 heteroatoms. The highest BCUT2D eigenvalue weighted by Crippen LogP contribution is 2.39. The van der Waals surface area contributed by atoms with Crippen LogP contribution in [0.2, 0.25) is 0 Å². The third kappa shape index (κ3) is 4.22. The second kappa shape index (κ2) is 7.61. The normalized spacial score (nSPS) is 28.1. The Kier molecular flexibility index (Phi) is 5.77. The van der Waals surface area contributed by atoms with Crippen LogP contribution in [0.15, 0.2) is 0 Å². The van der Waals surface area contributed by atoms with E-state index in [2.05, 4.69) is 21.7 Å². The summed E-state index contributed by atoms with van der Waals surface area (Å²) in [7, 11) is 4.06. The zero-order chi connectivity index (χ0) is 15.4. The Morgan fingerprint density at radius 2 is 1.68 bits per heavy atom. The summed E-state index contributed by atoms with van der Waals surface area (Å²) in [6.45, 7) is 11.5. The molecule has 1 spiro atoms. The zero-order valence-corrected chi connectivity index (χ0v) is 14.7. The number of ether oxygens (including phenoxy) is 1. The molecule has 0 amide bonds. The molecule has 3 aliphatic heterocycles. The highest BCUT2D eigenvalue weighted by Gasteiger charge is 2.43. The van der Waals surface area contributed by atoms with E-state index in [-0.39, 0.29) is 0 Å². The molecule has 0 N–H and O–H groups in total. The van der Waals surface area contributed by atoms with Crippen molar-refractivity contribution in [1.29, 1.82) is 0 Å². The molecule has 0 radical (unpaired) electrons. The van der Waals surface area contributed by atoms with Gasteiger partial charge in [0.15, 0.2) is 0 Å². The second-order valence-electron chi connectivity index (χ2n) is 8.10. The Morgan fingerprint density at radius 1 is 1.00 bits per heavy atom. The fourth-order valence-corrected chi connectivity index (χ4v) is 4.82. The average Bonchev–Trinajstić information content (AvgIpc) is 2.50. The summed E-state index contributed by atoms with van der Waals surface area (Å²) < 4.78 is 5.16. The Bertz CT molecular complexity index is 325. The van der Waals surface area contributed by atoms with E-state index in [0.717, 1.165) is 12.5 Å². The van der Waals surface area contributed by atoms with Gasteiger partial charge in [-0.05, 0) is 76.7 Å². The molecule has 22 heavy (non-hydrogen) atoms. The predicted molar refractivity (Wildman–Crippen MR) is 91.3 cm³/mol. The monoisotopic (exact) mass is 309 g/mol. The van der Waals surface area contributed by atoms with Crippen molar-refractivity contribution in [1.82, 2.24) is 14.7 Å². The Balaban J connectivity index is 1.30. The van der Waals surface area contributed by atoms with Gasteiger partial charge < -0.3 is 19.4 Å². The molecular formula is C18H35N3O. The molecule has 3 saturated heterocycles. The van der Waals surface area contributed by atoms with Gasteiger partial charge in [0.05, 0.1) is 0 Å². The van der Waals surface area contributed by atoms with Gasteiger partial charge in [0.25, 0.3) is 0 Å². The quantitative estimate of drug-likeness (QED) is 0.696. The molecule has 0 atom stereocenters. The first kappa shape index (κ1) is 16.7. The van der Waals surface area contributed by atoms with Gasteiger partial charge in [0, 0.05) is 39.9 Å². The molecular weight excluding hydrogens is 274 g/mol. The van der Waals surface area contributed by atoms with Crippen LogP contribution in [-0.4, -0.2) is 87.8 Å². The lowest BCUT2D eigenvalue weighted by Crippen LogP contribution is -2.59. The van der Waals surface area contributed by atoms with Gasteiger partial charge in [0.1, 0.15) is 0 Å². The van der Waals surface area contributed by atoms with E-state index >= 15 is 0 Å². The molecule has 0 unspecified atom stereocenters. The molecule has 0 aromatic carbocycles. The van der Waals surface area contributed by atoms with E-state index < -0.39 is 0 Å². The van der Waals surface area contributed by atoms with Crippen LogP contribution in [0.1, 0.15) is 32.1 Å². The van der Waals surface area contributed by atoms with Gasteiger partial charge in [-0.2, -0.15) is 0 Å². The molecule has 4 nitrogen and oxygen atoms in total. The van der Waals surface area contributed by atoms with Crippen molar-refractivity contribution in [3.05, 3.63) is 0 Å². The SMILES string of the molecule is COCCCN1CCC(CN2CCC3(CC2)CN(C)C3)CC1. The van der Waals surface area contributed by atoms with E-state index in [9.17, 15) is 0 Å². The van der Waals surface area contributed by atoms with Crippen LogP contribution in [0.3, 0.4) is 0 Å². The van der Waals surface area contributed by atoms with E-state index in [1.54, 1.807) is 7.11 Å². The van der Waals surface area contributed by atoms with Crippen molar-refractivity contribution in [2.24, 2.45) is 11.3 Å². The Hall–Kier alpha value is -0.160. The van der Waals surface area contributed by atoms with Gasteiger partial charge in [0.2, 0.25) is 0 Å². The van der Waals surface area contributed by atoms with Crippen molar-refractivity contribution < 1.29 is 4.74 Å². The van der Waals surface area contributed by atoms with Crippen LogP contribution >= 0.6 is 0 Å². The third-order valence-corrected chi connectivity index (χ3v) is 6.17. The molecule has 3 fully saturated rings. The molecule has 3 heterocycles. The van der Waals surface area contributed by atoms with Crippen molar-refractivity contribution in [3.8, 4) is 0 Å². The summed E-state index contributed by atoms with van der Waals surface area (Å²) in [5.74, 6) is 0.941. The lowest BCUT2D eigenvalue weighted by molar-refractivity contribution is -0.0354. The molecule has 128 valence electrons. The summed E-state index contributed by atoms with van der Waals surface area (Å²) in [4.78, 5) is 7.87. The lowest BCUT2D eigenvalue weighted by atomic mass is 9.72. The topological polar surface area (TPSA) is 19.0 Å². The molecule has 0 saturated carbocycles. The standard InChI is InChI=1S/C18H35N3O/c1-19-15-18(16-19)6-11-21(12-7-18)14-17-4-9-20(10-5-17)8-3-13-22-2/h17H,3-16H2,1-2H3. The number of hydrogen-bond acceptors (Lipinski definition) is 4. The van der Waals surface area contributed by atoms with Crippen molar-refractivity contribution in [3.63, 3.8) is 0 Å². The highest BCUT2D eigenvalue weighted by molar-refractivity contribution is 4.97. The van der Waals surface area contributed by atoms with Crippen LogP contribution in [0.5, 0.6) is 0 Å². The van der Waals surface area contributed by atoms with Crippen LogP contribution in [0.4, 0.5) is 0 Å². The van der Waals surface area contributed by atoms with E-state index in [0.29, 0.717) is 5.41 Å². The molecule has 3 aliphatic rings. The Labute approximate surface area is 136 Å². The van der Waals surface area contributed by atoms with Crippen molar-refractivity contribution >= 4 is 0 Å². The maximum absolute atomic E-state index is 5.16. The minimum Gasteiger partial charge on any atom is -0.385 e. The van der Waals surface area contributed by atoms with Gasteiger partial charge in [-0.1, -0.05) is 0 Å². The van der Waals surface area contributed by atoms with Crippen LogP contribution in [0, 0.1) is 11.3 Å². The first-order chi connectivity index (χ1) is 10.7. The lowest BCUT2D eigenvalue weighted by Gasteiger charge is -2.53. The average molecular weight is 309 g/mol. The maximum Gasteiger partial charge on any atom is 0.0474 e. The molecule has 0 aliphatic carbocycles. The fourth-order valence-electron chi connectivity index (χ4n) is 4.82. The van der Waals surface area contributed by atoms with E-state index in [1.807, 2.05) is 0 Å². The van der Waals surface area contributed by atoms with Crippen LogP contribution in [0.25, 0.3) is 0 Å². The zero-order valence-electron chi connectivity index (χ0n) is 14.7. The molecule has 0 bridgehead atoms. The second-order valence-corrected chi connectivity index (χ2v) is 8.10. The van der Waals surface area contributed by atoms with Crippen molar-refractivity contribution in [2.45, 2.75) is 32.1 Å². The minimum absolute atomic E-state index is 0.704. The number of nitrogens with zero attached hydrogens (tertiary/aromatic N) is 3.